The first-order chi connectivity index (χ1) is 10.9. The number of furan rings is 1. The Hall–Kier alpha value is -1.43. The molecule has 1 atom stereocenters. The molecule has 0 saturated carbocycles. The summed E-state index contributed by atoms with van der Waals surface area (Å²) in [6.45, 7) is 6.67. The van der Waals surface area contributed by atoms with E-state index < -0.39 is 5.60 Å². The van der Waals surface area contributed by atoms with Gasteiger partial charge in [0.2, 0.25) is 0 Å². The topological polar surface area (TPSA) is 54.6 Å². The number of aliphatic hydroxyl groups is 1. The van der Waals surface area contributed by atoms with Crippen LogP contribution in [0.3, 0.4) is 0 Å². The molecule has 2 aromatic rings. The number of methoxy groups -OCH3 is 1. The van der Waals surface area contributed by atoms with Gasteiger partial charge in [-0.3, -0.25) is 0 Å². The maximum atomic E-state index is 10.7. The van der Waals surface area contributed by atoms with Gasteiger partial charge in [0, 0.05) is 23.5 Å². The molecule has 0 bridgehead atoms. The van der Waals surface area contributed by atoms with Gasteiger partial charge < -0.3 is 19.6 Å². The fourth-order valence-electron chi connectivity index (χ4n) is 2.70. The number of thioether (sulfide) groups is 1. The van der Waals surface area contributed by atoms with Crippen molar-refractivity contribution < 1.29 is 14.3 Å². The molecule has 23 heavy (non-hydrogen) atoms. The molecule has 1 heterocycles. The van der Waals surface area contributed by atoms with E-state index in [1.165, 1.54) is 0 Å². The minimum atomic E-state index is -0.967. The van der Waals surface area contributed by atoms with E-state index in [1.807, 2.05) is 32.2 Å². The number of aryl methyl sites for hydroxylation is 2. The molecule has 0 aliphatic carbocycles. The summed E-state index contributed by atoms with van der Waals surface area (Å²) in [6, 6.07) is 8.06. The molecule has 0 aliphatic rings. The van der Waals surface area contributed by atoms with Crippen LogP contribution in [0.4, 0.5) is 0 Å². The van der Waals surface area contributed by atoms with Crippen LogP contribution in [0.2, 0.25) is 0 Å². The van der Waals surface area contributed by atoms with Crippen LogP contribution in [0, 0.1) is 13.8 Å². The monoisotopic (exact) mass is 335 g/mol. The van der Waals surface area contributed by atoms with Gasteiger partial charge in [-0.25, -0.2) is 0 Å². The zero-order valence-electron chi connectivity index (χ0n) is 14.4. The predicted octanol–water partition coefficient (Wildman–Crippen LogP) is 3.62. The van der Waals surface area contributed by atoms with E-state index in [0.717, 1.165) is 33.3 Å². The molecule has 1 aromatic carbocycles. The summed E-state index contributed by atoms with van der Waals surface area (Å²) in [5, 5.41) is 14.0. The van der Waals surface area contributed by atoms with Gasteiger partial charge in [0.25, 0.3) is 0 Å². The van der Waals surface area contributed by atoms with Gasteiger partial charge in [-0.1, -0.05) is 6.07 Å². The van der Waals surface area contributed by atoms with Crippen LogP contribution < -0.4 is 10.1 Å². The van der Waals surface area contributed by atoms with E-state index in [-0.39, 0.29) is 0 Å². The minimum absolute atomic E-state index is 0.444. The van der Waals surface area contributed by atoms with E-state index in [2.05, 4.69) is 17.4 Å². The van der Waals surface area contributed by atoms with Gasteiger partial charge in [0.05, 0.1) is 7.11 Å². The van der Waals surface area contributed by atoms with E-state index in [1.54, 1.807) is 25.8 Å². The molecule has 1 unspecified atom stereocenters. The van der Waals surface area contributed by atoms with Crippen molar-refractivity contribution in [3.8, 4) is 5.75 Å². The Morgan fingerprint density at radius 2 is 2.04 bits per heavy atom. The Bertz CT molecular complexity index is 664. The maximum Gasteiger partial charge on any atom is 0.132 e. The molecule has 0 saturated heterocycles. The van der Waals surface area contributed by atoms with Crippen LogP contribution in [-0.2, 0) is 12.1 Å². The first kappa shape index (κ1) is 17.9. The van der Waals surface area contributed by atoms with E-state index in [9.17, 15) is 5.11 Å². The molecule has 4 nitrogen and oxygen atoms in total. The largest absolute Gasteiger partial charge is 0.496 e. The van der Waals surface area contributed by atoms with Crippen molar-refractivity contribution in [3.05, 3.63) is 46.9 Å². The lowest BCUT2D eigenvalue weighted by Gasteiger charge is -2.23. The number of nitrogens with one attached hydrogen (secondary N) is 1. The number of hydrogen-bond acceptors (Lipinski definition) is 5. The van der Waals surface area contributed by atoms with Crippen molar-refractivity contribution in [1.29, 1.82) is 0 Å². The average molecular weight is 335 g/mol. The van der Waals surface area contributed by atoms with Gasteiger partial charge in [0.1, 0.15) is 22.9 Å². The summed E-state index contributed by atoms with van der Waals surface area (Å²) in [4.78, 5) is 1.12. The lowest BCUT2D eigenvalue weighted by molar-refractivity contribution is 0.0552. The molecule has 2 N–H and O–H groups in total. The van der Waals surface area contributed by atoms with Gasteiger partial charge in [-0.05, 0) is 50.8 Å². The van der Waals surface area contributed by atoms with E-state index in [4.69, 9.17) is 9.15 Å². The summed E-state index contributed by atoms with van der Waals surface area (Å²) in [6.07, 6.45) is 2.03. The second kappa shape index (κ2) is 7.43. The van der Waals surface area contributed by atoms with Crippen LogP contribution in [-0.4, -0.2) is 25.0 Å². The smallest absolute Gasteiger partial charge is 0.132 e. The Morgan fingerprint density at radius 3 is 2.61 bits per heavy atom. The first-order valence-electron chi connectivity index (χ1n) is 7.59. The normalized spacial score (nSPS) is 13.8. The summed E-state index contributed by atoms with van der Waals surface area (Å²) < 4.78 is 10.9. The molecule has 0 amide bonds. The Balaban J connectivity index is 2.00. The van der Waals surface area contributed by atoms with Crippen LogP contribution in [0.1, 0.15) is 29.6 Å². The Labute approximate surface area is 142 Å². The molecular formula is C18H25NO3S. The lowest BCUT2D eigenvalue weighted by Crippen LogP contribution is -2.35. The SMILES string of the molecule is COc1cc(CNCC(C)(O)c2cc(C)oc2C)ccc1SC. The van der Waals surface area contributed by atoms with Crippen molar-refractivity contribution in [2.24, 2.45) is 0 Å². The lowest BCUT2D eigenvalue weighted by atomic mass is 9.96. The van der Waals surface area contributed by atoms with Crippen LogP contribution in [0.25, 0.3) is 0 Å². The van der Waals surface area contributed by atoms with Gasteiger partial charge in [0.15, 0.2) is 0 Å². The highest BCUT2D eigenvalue weighted by atomic mass is 32.2. The molecule has 0 radical (unpaired) electrons. The van der Waals surface area contributed by atoms with Crippen LogP contribution >= 0.6 is 11.8 Å². The molecule has 126 valence electrons. The molecule has 2 rings (SSSR count). The predicted molar refractivity (Wildman–Crippen MR) is 94.2 cm³/mol. The standard InChI is InChI=1S/C18H25NO3S/c1-12-8-15(13(2)22-12)18(3,20)11-19-10-14-6-7-17(23-5)16(9-14)21-4/h6-9,19-20H,10-11H2,1-5H3. The Morgan fingerprint density at radius 1 is 1.30 bits per heavy atom. The maximum absolute atomic E-state index is 10.7. The second-order valence-corrected chi connectivity index (χ2v) is 6.74. The number of hydrogen-bond donors (Lipinski definition) is 2. The molecule has 1 aromatic heterocycles. The van der Waals surface area contributed by atoms with Gasteiger partial charge in [-0.2, -0.15) is 0 Å². The van der Waals surface area contributed by atoms with Crippen molar-refractivity contribution in [1.82, 2.24) is 5.32 Å². The van der Waals surface area contributed by atoms with E-state index in [0.29, 0.717) is 13.1 Å². The number of rotatable bonds is 7. The van der Waals surface area contributed by atoms with Crippen LogP contribution in [0.15, 0.2) is 33.6 Å². The third-order valence-corrected chi connectivity index (χ3v) is 4.64. The summed E-state index contributed by atoms with van der Waals surface area (Å²) in [5.74, 6) is 2.46. The fraction of sp³-hybridized carbons (Fsp3) is 0.444. The minimum Gasteiger partial charge on any atom is -0.496 e. The van der Waals surface area contributed by atoms with Gasteiger partial charge >= 0.3 is 0 Å². The first-order valence-corrected chi connectivity index (χ1v) is 8.81. The third-order valence-electron chi connectivity index (χ3n) is 3.87. The molecule has 0 fully saturated rings. The number of ether oxygens (including phenoxy) is 1. The highest BCUT2D eigenvalue weighted by Crippen LogP contribution is 2.29. The summed E-state index contributed by atoms with van der Waals surface area (Å²) in [7, 11) is 1.68. The zero-order chi connectivity index (χ0) is 17.0. The highest BCUT2D eigenvalue weighted by Gasteiger charge is 2.27. The molecule has 5 heteroatoms. The average Bonchev–Trinajstić information content (AvgIpc) is 2.86. The highest BCUT2D eigenvalue weighted by molar-refractivity contribution is 7.98. The van der Waals surface area contributed by atoms with Crippen molar-refractivity contribution >= 4 is 11.8 Å². The number of benzene rings is 1. The van der Waals surface area contributed by atoms with Crippen molar-refractivity contribution in [2.45, 2.75) is 37.8 Å². The zero-order valence-corrected chi connectivity index (χ0v) is 15.2. The Kier molecular flexibility index (Phi) is 5.79. The summed E-state index contributed by atoms with van der Waals surface area (Å²) in [5.41, 5.74) is 0.985. The van der Waals surface area contributed by atoms with Gasteiger partial charge in [-0.15, -0.1) is 11.8 Å². The molecule has 0 aliphatic heterocycles. The fourth-order valence-corrected chi connectivity index (χ4v) is 3.25. The van der Waals surface area contributed by atoms with Crippen LogP contribution in [0.5, 0.6) is 5.75 Å². The summed E-state index contributed by atoms with van der Waals surface area (Å²) >= 11 is 1.66. The third kappa shape index (κ3) is 4.31. The van der Waals surface area contributed by atoms with Crippen molar-refractivity contribution in [2.75, 3.05) is 19.9 Å². The second-order valence-electron chi connectivity index (χ2n) is 5.89. The quantitative estimate of drug-likeness (QED) is 0.757. The van der Waals surface area contributed by atoms with E-state index >= 15 is 0 Å². The molecule has 0 spiro atoms. The molecular weight excluding hydrogens is 310 g/mol. The van der Waals surface area contributed by atoms with Crippen molar-refractivity contribution in [3.63, 3.8) is 0 Å².